The molecule has 21 heavy (non-hydrogen) atoms. The fraction of sp³-hybridized carbons (Fsp3) is 0.929. The van der Waals surface area contributed by atoms with Crippen LogP contribution in [-0.4, -0.2) is 66.7 Å². The second-order valence-corrected chi connectivity index (χ2v) is 8.45. The molecule has 0 aromatic heterocycles. The van der Waals surface area contributed by atoms with Crippen molar-refractivity contribution in [3.63, 3.8) is 0 Å². The van der Waals surface area contributed by atoms with Gasteiger partial charge in [0.05, 0.1) is 11.9 Å². The van der Waals surface area contributed by atoms with Gasteiger partial charge < -0.3 is 10.0 Å². The molecule has 0 bridgehead atoms. The van der Waals surface area contributed by atoms with E-state index >= 15 is 0 Å². The third-order valence-corrected chi connectivity index (χ3v) is 6.67. The van der Waals surface area contributed by atoms with Gasteiger partial charge >= 0.3 is 0 Å². The number of aliphatic hydroxyl groups excluding tert-OH is 1. The standard InChI is InChI=1S/C14H26N2O4S/c1-3-21(19,20)16-8-5-12(6-9-16)14(18)15-7-4-11(2)13(17)10-15/h11-13,17H,3-10H2,1-2H3. The van der Waals surface area contributed by atoms with Gasteiger partial charge in [-0.2, -0.15) is 0 Å². The average molecular weight is 318 g/mol. The highest BCUT2D eigenvalue weighted by Crippen LogP contribution is 2.25. The Labute approximate surface area is 127 Å². The van der Waals surface area contributed by atoms with Gasteiger partial charge in [-0.05, 0) is 32.1 Å². The SMILES string of the molecule is CCS(=O)(=O)N1CCC(C(=O)N2CCC(C)C(O)C2)CC1. The third kappa shape index (κ3) is 3.76. The van der Waals surface area contributed by atoms with Crippen LogP contribution in [0, 0.1) is 11.8 Å². The lowest BCUT2D eigenvalue weighted by Gasteiger charge is -2.38. The van der Waals surface area contributed by atoms with Crippen molar-refractivity contribution in [1.82, 2.24) is 9.21 Å². The van der Waals surface area contributed by atoms with Crippen LogP contribution in [0.25, 0.3) is 0 Å². The summed E-state index contributed by atoms with van der Waals surface area (Å²) in [5, 5.41) is 9.89. The number of likely N-dealkylation sites (tertiary alicyclic amines) is 1. The van der Waals surface area contributed by atoms with Gasteiger partial charge in [-0.25, -0.2) is 12.7 Å². The molecular formula is C14H26N2O4S. The second-order valence-electron chi connectivity index (χ2n) is 6.19. The highest BCUT2D eigenvalue weighted by atomic mass is 32.2. The topological polar surface area (TPSA) is 77.9 Å². The molecule has 0 saturated carbocycles. The molecule has 2 atom stereocenters. The number of carbonyl (C=O) groups excluding carboxylic acids is 1. The van der Waals surface area contributed by atoms with Gasteiger partial charge in [-0.15, -0.1) is 0 Å². The van der Waals surface area contributed by atoms with Gasteiger partial charge in [0.25, 0.3) is 0 Å². The number of carbonyl (C=O) groups is 1. The van der Waals surface area contributed by atoms with Crippen LogP contribution in [0.3, 0.4) is 0 Å². The van der Waals surface area contributed by atoms with Crippen LogP contribution in [0.15, 0.2) is 0 Å². The minimum absolute atomic E-state index is 0.0782. The lowest BCUT2D eigenvalue weighted by Crippen LogP contribution is -2.50. The van der Waals surface area contributed by atoms with E-state index in [4.69, 9.17) is 0 Å². The first kappa shape index (κ1) is 16.7. The summed E-state index contributed by atoms with van der Waals surface area (Å²) in [5.74, 6) is 0.330. The predicted octanol–water partition coefficient (Wildman–Crippen LogP) is 0.277. The monoisotopic (exact) mass is 318 g/mol. The number of rotatable bonds is 3. The summed E-state index contributed by atoms with van der Waals surface area (Å²) < 4.78 is 25.1. The predicted molar refractivity (Wildman–Crippen MR) is 80.1 cm³/mol. The number of nitrogens with zero attached hydrogens (tertiary/aromatic N) is 2. The number of β-amino-alcohol motifs (C(OH)–C–C–N with tert-alkyl or cyclic N) is 1. The van der Waals surface area contributed by atoms with E-state index < -0.39 is 16.1 Å². The van der Waals surface area contributed by atoms with Gasteiger partial charge in [-0.1, -0.05) is 6.92 Å². The molecule has 2 aliphatic rings. The van der Waals surface area contributed by atoms with Crippen molar-refractivity contribution in [3.05, 3.63) is 0 Å². The Kier molecular flexibility index (Phi) is 5.27. The van der Waals surface area contributed by atoms with Crippen molar-refractivity contribution in [2.75, 3.05) is 31.9 Å². The zero-order chi connectivity index (χ0) is 15.6. The third-order valence-electron chi connectivity index (χ3n) is 4.79. The summed E-state index contributed by atoms with van der Waals surface area (Å²) in [5.41, 5.74) is 0. The average Bonchev–Trinajstić information content (AvgIpc) is 2.49. The van der Waals surface area contributed by atoms with E-state index in [1.54, 1.807) is 11.8 Å². The first-order valence-corrected chi connectivity index (χ1v) is 9.40. The molecule has 2 rings (SSSR count). The zero-order valence-corrected chi connectivity index (χ0v) is 13.7. The van der Waals surface area contributed by atoms with E-state index in [1.807, 2.05) is 6.92 Å². The van der Waals surface area contributed by atoms with E-state index in [-0.39, 0.29) is 23.5 Å². The molecule has 2 saturated heterocycles. The lowest BCUT2D eigenvalue weighted by atomic mass is 9.92. The van der Waals surface area contributed by atoms with Crippen LogP contribution in [0.2, 0.25) is 0 Å². The molecule has 0 radical (unpaired) electrons. The first-order chi connectivity index (χ1) is 9.85. The van der Waals surface area contributed by atoms with Crippen LogP contribution < -0.4 is 0 Å². The minimum atomic E-state index is -3.14. The fourth-order valence-electron chi connectivity index (χ4n) is 3.07. The minimum Gasteiger partial charge on any atom is -0.391 e. The fourth-order valence-corrected chi connectivity index (χ4v) is 4.20. The first-order valence-electron chi connectivity index (χ1n) is 7.79. The van der Waals surface area contributed by atoms with E-state index in [9.17, 15) is 18.3 Å². The highest BCUT2D eigenvalue weighted by molar-refractivity contribution is 7.89. The lowest BCUT2D eigenvalue weighted by molar-refractivity contribution is -0.141. The molecule has 2 fully saturated rings. The number of sulfonamides is 1. The summed E-state index contributed by atoms with van der Waals surface area (Å²) in [7, 11) is -3.14. The number of hydrogen-bond acceptors (Lipinski definition) is 4. The molecule has 0 spiro atoms. The molecular weight excluding hydrogens is 292 g/mol. The Bertz CT molecular complexity index is 471. The summed E-state index contributed by atoms with van der Waals surface area (Å²) in [6.07, 6.45) is 1.55. The summed E-state index contributed by atoms with van der Waals surface area (Å²) in [6.45, 7) is 5.61. The summed E-state index contributed by atoms with van der Waals surface area (Å²) >= 11 is 0. The number of amides is 1. The maximum atomic E-state index is 12.5. The highest BCUT2D eigenvalue weighted by Gasteiger charge is 2.34. The summed E-state index contributed by atoms with van der Waals surface area (Å²) in [6, 6.07) is 0. The number of aliphatic hydroxyl groups is 1. The molecule has 2 aliphatic heterocycles. The Morgan fingerprint density at radius 1 is 1.19 bits per heavy atom. The van der Waals surface area contributed by atoms with Gasteiger partial charge in [0.1, 0.15) is 0 Å². The number of hydrogen-bond donors (Lipinski definition) is 1. The molecule has 2 unspecified atom stereocenters. The smallest absolute Gasteiger partial charge is 0.225 e. The van der Waals surface area contributed by atoms with Crippen molar-refractivity contribution in [2.45, 2.75) is 39.2 Å². The molecule has 122 valence electrons. The molecule has 2 heterocycles. The maximum absolute atomic E-state index is 12.5. The van der Waals surface area contributed by atoms with Gasteiger partial charge in [0.15, 0.2) is 0 Å². The van der Waals surface area contributed by atoms with Crippen molar-refractivity contribution in [1.29, 1.82) is 0 Å². The van der Waals surface area contributed by atoms with E-state index in [0.717, 1.165) is 6.42 Å². The van der Waals surface area contributed by atoms with Crippen LogP contribution >= 0.6 is 0 Å². The molecule has 0 aliphatic carbocycles. The van der Waals surface area contributed by atoms with E-state index in [0.29, 0.717) is 39.0 Å². The zero-order valence-electron chi connectivity index (χ0n) is 12.9. The second kappa shape index (κ2) is 6.62. The van der Waals surface area contributed by atoms with Crippen LogP contribution in [0.1, 0.15) is 33.1 Å². The number of piperidine rings is 2. The van der Waals surface area contributed by atoms with Crippen LogP contribution in [-0.2, 0) is 14.8 Å². The normalized spacial score (nSPS) is 29.6. The molecule has 0 aromatic rings. The van der Waals surface area contributed by atoms with Gasteiger partial charge in [0.2, 0.25) is 15.9 Å². The van der Waals surface area contributed by atoms with Crippen molar-refractivity contribution < 1.29 is 18.3 Å². The molecule has 0 aromatic carbocycles. The van der Waals surface area contributed by atoms with Crippen LogP contribution in [0.5, 0.6) is 0 Å². The van der Waals surface area contributed by atoms with E-state index in [2.05, 4.69) is 0 Å². The van der Waals surface area contributed by atoms with Crippen molar-refractivity contribution >= 4 is 15.9 Å². The molecule has 1 N–H and O–H groups in total. The maximum Gasteiger partial charge on any atom is 0.225 e. The van der Waals surface area contributed by atoms with Gasteiger partial charge in [0, 0.05) is 32.1 Å². The summed E-state index contributed by atoms with van der Waals surface area (Å²) in [4.78, 5) is 14.2. The molecule has 6 nitrogen and oxygen atoms in total. The van der Waals surface area contributed by atoms with Crippen LogP contribution in [0.4, 0.5) is 0 Å². The van der Waals surface area contributed by atoms with Crippen molar-refractivity contribution in [3.8, 4) is 0 Å². The van der Waals surface area contributed by atoms with Gasteiger partial charge in [-0.3, -0.25) is 4.79 Å². The molecule has 1 amide bonds. The van der Waals surface area contributed by atoms with E-state index in [1.165, 1.54) is 4.31 Å². The molecule has 7 heteroatoms. The Morgan fingerprint density at radius 3 is 2.33 bits per heavy atom. The Morgan fingerprint density at radius 2 is 1.81 bits per heavy atom. The largest absolute Gasteiger partial charge is 0.391 e. The Balaban J connectivity index is 1.89. The quantitative estimate of drug-likeness (QED) is 0.810. The Hall–Kier alpha value is -0.660. The van der Waals surface area contributed by atoms with Crippen molar-refractivity contribution in [2.24, 2.45) is 11.8 Å².